The average Bonchev–Trinajstić information content (AvgIpc) is 2.93. The zero-order chi connectivity index (χ0) is 13.5. The molecule has 0 saturated heterocycles. The number of benzene rings is 1. The van der Waals surface area contributed by atoms with Gasteiger partial charge in [0.25, 0.3) is 0 Å². The molecule has 19 heavy (non-hydrogen) atoms. The van der Waals surface area contributed by atoms with Gasteiger partial charge in [-0.15, -0.1) is 0 Å². The minimum atomic E-state index is 0.174. The van der Waals surface area contributed by atoms with Gasteiger partial charge in [0, 0.05) is 25.1 Å². The topological polar surface area (TPSA) is 62.4 Å². The Labute approximate surface area is 112 Å². The summed E-state index contributed by atoms with van der Waals surface area (Å²) in [6, 6.07) is 9.77. The molecule has 1 heterocycles. The fourth-order valence-corrected chi connectivity index (χ4v) is 1.88. The molecular formula is C14H19N3O2. The van der Waals surface area contributed by atoms with E-state index in [1.807, 2.05) is 30.3 Å². The summed E-state index contributed by atoms with van der Waals surface area (Å²) in [7, 11) is 0. The number of aromatic nitrogens is 2. The molecule has 0 amide bonds. The van der Waals surface area contributed by atoms with Crippen molar-refractivity contribution in [2.45, 2.75) is 13.3 Å². The third kappa shape index (κ3) is 3.87. The number of hydrogen-bond acceptors (Lipinski definition) is 5. The van der Waals surface area contributed by atoms with Crippen LogP contribution in [0, 0.1) is 0 Å². The molecule has 0 unspecified atom stereocenters. The standard InChI is InChI=1S/C14H19N3O2/c1-2-17(10-11-18)9-8-13-15-14(16-19-13)12-6-4-3-5-7-12/h3-7,18H,2,8-11H2,1H3. The fraction of sp³-hybridized carbons (Fsp3) is 0.429. The van der Waals surface area contributed by atoms with Gasteiger partial charge in [-0.25, -0.2) is 0 Å². The van der Waals surface area contributed by atoms with Gasteiger partial charge in [0.1, 0.15) is 0 Å². The number of rotatable bonds is 7. The van der Waals surface area contributed by atoms with E-state index in [-0.39, 0.29) is 6.61 Å². The normalized spacial score (nSPS) is 11.1. The van der Waals surface area contributed by atoms with Crippen molar-refractivity contribution in [2.24, 2.45) is 0 Å². The Kier molecular flexibility index (Phi) is 5.06. The summed E-state index contributed by atoms with van der Waals surface area (Å²) in [5, 5.41) is 12.9. The Bertz CT molecular complexity index is 484. The number of aliphatic hydroxyl groups excluding tert-OH is 1. The van der Waals surface area contributed by atoms with Crippen molar-refractivity contribution >= 4 is 0 Å². The van der Waals surface area contributed by atoms with Crippen molar-refractivity contribution in [1.82, 2.24) is 15.0 Å². The summed E-state index contributed by atoms with van der Waals surface area (Å²) in [6.45, 7) is 4.63. The quantitative estimate of drug-likeness (QED) is 0.820. The molecule has 0 bridgehead atoms. The predicted octanol–water partition coefficient (Wildman–Crippen LogP) is 1.59. The van der Waals surface area contributed by atoms with Gasteiger partial charge in [0.15, 0.2) is 0 Å². The van der Waals surface area contributed by atoms with Gasteiger partial charge in [-0.3, -0.25) is 0 Å². The van der Waals surface area contributed by atoms with Gasteiger partial charge in [-0.1, -0.05) is 42.4 Å². The van der Waals surface area contributed by atoms with Crippen molar-refractivity contribution in [1.29, 1.82) is 0 Å². The van der Waals surface area contributed by atoms with E-state index in [4.69, 9.17) is 9.63 Å². The van der Waals surface area contributed by atoms with Crippen LogP contribution < -0.4 is 0 Å². The highest BCUT2D eigenvalue weighted by atomic mass is 16.5. The fourth-order valence-electron chi connectivity index (χ4n) is 1.88. The Morgan fingerprint density at radius 2 is 2.00 bits per heavy atom. The highest BCUT2D eigenvalue weighted by molar-refractivity contribution is 5.53. The average molecular weight is 261 g/mol. The minimum Gasteiger partial charge on any atom is -0.395 e. The van der Waals surface area contributed by atoms with Crippen molar-refractivity contribution < 1.29 is 9.63 Å². The summed E-state index contributed by atoms with van der Waals surface area (Å²) in [5.41, 5.74) is 0.959. The maximum Gasteiger partial charge on any atom is 0.228 e. The lowest BCUT2D eigenvalue weighted by Gasteiger charge is -2.17. The van der Waals surface area contributed by atoms with Crippen LogP contribution in [0.4, 0.5) is 0 Å². The Morgan fingerprint density at radius 3 is 2.68 bits per heavy atom. The molecule has 0 aliphatic carbocycles. The van der Waals surface area contributed by atoms with Crippen molar-refractivity contribution in [3.05, 3.63) is 36.2 Å². The molecule has 2 rings (SSSR count). The molecule has 1 aromatic heterocycles. The van der Waals surface area contributed by atoms with Gasteiger partial charge in [-0.2, -0.15) is 4.98 Å². The summed E-state index contributed by atoms with van der Waals surface area (Å²) in [6.07, 6.45) is 0.702. The number of aliphatic hydroxyl groups is 1. The van der Waals surface area contributed by atoms with Crippen LogP contribution in [0.3, 0.4) is 0 Å². The number of nitrogens with zero attached hydrogens (tertiary/aromatic N) is 3. The molecule has 2 aromatic rings. The second-order valence-corrected chi connectivity index (χ2v) is 4.29. The second-order valence-electron chi connectivity index (χ2n) is 4.29. The van der Waals surface area contributed by atoms with E-state index in [9.17, 15) is 0 Å². The molecule has 1 N–H and O–H groups in total. The Balaban J connectivity index is 1.94. The lowest BCUT2D eigenvalue weighted by Crippen LogP contribution is -2.28. The summed E-state index contributed by atoms with van der Waals surface area (Å²) >= 11 is 0. The van der Waals surface area contributed by atoms with E-state index in [1.165, 1.54) is 0 Å². The zero-order valence-electron chi connectivity index (χ0n) is 11.1. The third-order valence-corrected chi connectivity index (χ3v) is 3.01. The van der Waals surface area contributed by atoms with Crippen LogP contribution in [0.15, 0.2) is 34.9 Å². The minimum absolute atomic E-state index is 0.174. The zero-order valence-corrected chi connectivity index (χ0v) is 11.1. The first-order valence-corrected chi connectivity index (χ1v) is 6.54. The molecule has 0 aliphatic heterocycles. The first-order chi connectivity index (χ1) is 9.33. The number of likely N-dealkylation sites (N-methyl/N-ethyl adjacent to an activating group) is 1. The van der Waals surface area contributed by atoms with E-state index >= 15 is 0 Å². The first-order valence-electron chi connectivity index (χ1n) is 6.54. The molecule has 0 radical (unpaired) electrons. The Morgan fingerprint density at radius 1 is 1.21 bits per heavy atom. The van der Waals surface area contributed by atoms with Gasteiger partial charge >= 0.3 is 0 Å². The third-order valence-electron chi connectivity index (χ3n) is 3.01. The smallest absolute Gasteiger partial charge is 0.228 e. The Hall–Kier alpha value is -1.72. The van der Waals surface area contributed by atoms with Crippen molar-refractivity contribution in [3.63, 3.8) is 0 Å². The van der Waals surface area contributed by atoms with Crippen molar-refractivity contribution in [3.8, 4) is 11.4 Å². The van der Waals surface area contributed by atoms with Crippen LogP contribution in [0.2, 0.25) is 0 Å². The lowest BCUT2D eigenvalue weighted by atomic mass is 10.2. The summed E-state index contributed by atoms with van der Waals surface area (Å²) in [5.74, 6) is 1.26. The van der Waals surface area contributed by atoms with Crippen LogP contribution in [-0.2, 0) is 6.42 Å². The van der Waals surface area contributed by atoms with Crippen LogP contribution >= 0.6 is 0 Å². The van der Waals surface area contributed by atoms with Gasteiger partial charge < -0.3 is 14.5 Å². The van der Waals surface area contributed by atoms with Crippen LogP contribution in [0.25, 0.3) is 11.4 Å². The number of hydrogen-bond donors (Lipinski definition) is 1. The van der Waals surface area contributed by atoms with E-state index in [0.29, 0.717) is 24.7 Å². The predicted molar refractivity (Wildman–Crippen MR) is 72.6 cm³/mol. The van der Waals surface area contributed by atoms with E-state index in [2.05, 4.69) is 22.0 Å². The van der Waals surface area contributed by atoms with Crippen LogP contribution in [0.1, 0.15) is 12.8 Å². The van der Waals surface area contributed by atoms with Gasteiger partial charge in [-0.05, 0) is 6.54 Å². The summed E-state index contributed by atoms with van der Waals surface area (Å²) in [4.78, 5) is 6.53. The highest BCUT2D eigenvalue weighted by Gasteiger charge is 2.09. The monoisotopic (exact) mass is 261 g/mol. The van der Waals surface area contributed by atoms with E-state index < -0.39 is 0 Å². The molecule has 0 aliphatic rings. The SMILES string of the molecule is CCN(CCO)CCc1nc(-c2ccccc2)no1. The van der Waals surface area contributed by atoms with E-state index in [0.717, 1.165) is 18.7 Å². The lowest BCUT2D eigenvalue weighted by molar-refractivity contribution is 0.199. The molecular weight excluding hydrogens is 242 g/mol. The van der Waals surface area contributed by atoms with E-state index in [1.54, 1.807) is 0 Å². The van der Waals surface area contributed by atoms with Crippen molar-refractivity contribution in [2.75, 3.05) is 26.2 Å². The molecule has 1 aromatic carbocycles. The molecule has 0 fully saturated rings. The maximum absolute atomic E-state index is 8.92. The highest BCUT2D eigenvalue weighted by Crippen LogP contribution is 2.14. The first kappa shape index (κ1) is 13.7. The molecule has 0 spiro atoms. The van der Waals surface area contributed by atoms with Gasteiger partial charge in [0.05, 0.1) is 6.61 Å². The molecule has 5 heteroatoms. The molecule has 0 atom stereocenters. The maximum atomic E-state index is 8.92. The summed E-state index contributed by atoms with van der Waals surface area (Å²) < 4.78 is 5.24. The molecule has 5 nitrogen and oxygen atoms in total. The molecule has 102 valence electrons. The van der Waals surface area contributed by atoms with Crippen LogP contribution in [-0.4, -0.2) is 46.4 Å². The van der Waals surface area contributed by atoms with Gasteiger partial charge in [0.2, 0.25) is 11.7 Å². The molecule has 0 saturated carbocycles. The van der Waals surface area contributed by atoms with Crippen LogP contribution in [0.5, 0.6) is 0 Å². The largest absolute Gasteiger partial charge is 0.395 e. The second kappa shape index (κ2) is 7.01.